The van der Waals surface area contributed by atoms with Crippen molar-refractivity contribution in [3.05, 3.63) is 35.9 Å². The van der Waals surface area contributed by atoms with Crippen molar-refractivity contribution in [3.63, 3.8) is 0 Å². The van der Waals surface area contributed by atoms with Gasteiger partial charge in [-0.1, -0.05) is 30.3 Å². The van der Waals surface area contributed by atoms with Gasteiger partial charge in [-0.05, 0) is 5.56 Å². The minimum atomic E-state index is -0.172. The lowest BCUT2D eigenvalue weighted by Gasteiger charge is -2.30. The molecule has 2 heterocycles. The predicted octanol–water partition coefficient (Wildman–Crippen LogP) is 0.605. The third-order valence-electron chi connectivity index (χ3n) is 3.34. The quantitative estimate of drug-likeness (QED) is 0.833. The topological polar surface area (TPSA) is 41.9 Å². The van der Waals surface area contributed by atoms with Crippen LogP contribution in [0.15, 0.2) is 30.3 Å². The van der Waals surface area contributed by atoms with E-state index in [1.54, 1.807) is 0 Å². The standard InChI is InChI=1S/C13H17NO3/c15-9-12-11-7-14(8-13(16-11)17-12)6-10-4-2-1-3-5-10/h1-5,11-13,15H,6-9H2/t11-,12-,13-/m0/s1. The van der Waals surface area contributed by atoms with Gasteiger partial charge in [-0.15, -0.1) is 0 Å². The Morgan fingerprint density at radius 3 is 2.76 bits per heavy atom. The largest absolute Gasteiger partial charge is 0.394 e. The first-order chi connectivity index (χ1) is 8.35. The fourth-order valence-electron chi connectivity index (χ4n) is 2.52. The van der Waals surface area contributed by atoms with Crippen LogP contribution in [0.25, 0.3) is 0 Å². The van der Waals surface area contributed by atoms with Crippen molar-refractivity contribution >= 4 is 0 Å². The number of nitrogens with zero attached hydrogens (tertiary/aromatic N) is 1. The molecule has 2 saturated heterocycles. The molecule has 2 fully saturated rings. The second-order valence-corrected chi connectivity index (χ2v) is 4.64. The molecule has 1 aromatic carbocycles. The maximum absolute atomic E-state index is 9.17. The molecule has 3 rings (SSSR count). The average molecular weight is 235 g/mol. The van der Waals surface area contributed by atoms with Crippen molar-refractivity contribution in [1.82, 2.24) is 4.90 Å². The maximum Gasteiger partial charge on any atom is 0.171 e. The highest BCUT2D eigenvalue weighted by Crippen LogP contribution is 2.26. The third kappa shape index (κ3) is 2.35. The van der Waals surface area contributed by atoms with Crippen LogP contribution >= 0.6 is 0 Å². The van der Waals surface area contributed by atoms with Crippen molar-refractivity contribution < 1.29 is 14.6 Å². The Morgan fingerprint density at radius 2 is 2.00 bits per heavy atom. The number of benzene rings is 1. The highest BCUT2D eigenvalue weighted by Gasteiger charge is 2.41. The van der Waals surface area contributed by atoms with E-state index >= 15 is 0 Å². The Balaban J connectivity index is 1.64. The van der Waals surface area contributed by atoms with Gasteiger partial charge in [0, 0.05) is 19.6 Å². The summed E-state index contributed by atoms with van der Waals surface area (Å²) < 4.78 is 11.2. The fraction of sp³-hybridized carbons (Fsp3) is 0.538. The Bertz CT molecular complexity index is 370. The van der Waals surface area contributed by atoms with Crippen molar-refractivity contribution in [3.8, 4) is 0 Å². The minimum absolute atomic E-state index is 0.0162. The zero-order chi connectivity index (χ0) is 11.7. The van der Waals surface area contributed by atoms with Gasteiger partial charge in [0.25, 0.3) is 0 Å². The third-order valence-corrected chi connectivity index (χ3v) is 3.34. The zero-order valence-electron chi connectivity index (χ0n) is 9.66. The molecule has 1 N–H and O–H groups in total. The van der Waals surface area contributed by atoms with Crippen molar-refractivity contribution in [1.29, 1.82) is 0 Å². The van der Waals surface area contributed by atoms with E-state index in [0.29, 0.717) is 0 Å². The van der Waals surface area contributed by atoms with Crippen LogP contribution in [0, 0.1) is 0 Å². The van der Waals surface area contributed by atoms with Gasteiger partial charge in [0.2, 0.25) is 0 Å². The minimum Gasteiger partial charge on any atom is -0.394 e. The summed E-state index contributed by atoms with van der Waals surface area (Å²) in [5, 5.41) is 9.17. The van der Waals surface area contributed by atoms with Gasteiger partial charge in [0.15, 0.2) is 6.29 Å². The van der Waals surface area contributed by atoms with E-state index in [9.17, 15) is 0 Å². The number of morpholine rings is 1. The summed E-state index contributed by atoms with van der Waals surface area (Å²) in [5.41, 5.74) is 1.30. The molecule has 0 radical (unpaired) electrons. The van der Waals surface area contributed by atoms with E-state index in [4.69, 9.17) is 14.6 Å². The average Bonchev–Trinajstić information content (AvgIpc) is 2.65. The maximum atomic E-state index is 9.17. The summed E-state index contributed by atoms with van der Waals surface area (Å²) in [6, 6.07) is 10.4. The van der Waals surface area contributed by atoms with Gasteiger partial charge >= 0.3 is 0 Å². The first-order valence-corrected chi connectivity index (χ1v) is 6.03. The van der Waals surface area contributed by atoms with Crippen LogP contribution in [-0.2, 0) is 16.0 Å². The van der Waals surface area contributed by atoms with Crippen molar-refractivity contribution in [2.45, 2.75) is 25.0 Å². The molecule has 1 aromatic rings. The second kappa shape index (κ2) is 4.74. The summed E-state index contributed by atoms with van der Waals surface area (Å²) in [5.74, 6) is 0. The summed E-state index contributed by atoms with van der Waals surface area (Å²) in [4.78, 5) is 2.32. The molecule has 2 bridgehead atoms. The molecule has 2 aliphatic heterocycles. The molecule has 0 saturated carbocycles. The first kappa shape index (κ1) is 11.2. The fourth-order valence-corrected chi connectivity index (χ4v) is 2.52. The molecule has 2 aliphatic rings. The van der Waals surface area contributed by atoms with E-state index in [1.807, 2.05) is 6.07 Å². The normalized spacial score (nSPS) is 32.9. The zero-order valence-corrected chi connectivity index (χ0v) is 9.66. The lowest BCUT2D eigenvalue weighted by Crippen LogP contribution is -2.44. The van der Waals surface area contributed by atoms with Crippen molar-refractivity contribution in [2.24, 2.45) is 0 Å². The highest BCUT2D eigenvalue weighted by molar-refractivity contribution is 5.14. The van der Waals surface area contributed by atoms with Gasteiger partial charge in [-0.25, -0.2) is 0 Å². The first-order valence-electron chi connectivity index (χ1n) is 6.03. The van der Waals surface area contributed by atoms with Gasteiger partial charge < -0.3 is 14.6 Å². The van der Waals surface area contributed by atoms with Crippen LogP contribution < -0.4 is 0 Å². The highest BCUT2D eigenvalue weighted by atomic mass is 16.7. The number of ether oxygens (including phenoxy) is 2. The van der Waals surface area contributed by atoms with Crippen LogP contribution in [0.2, 0.25) is 0 Å². The molecule has 4 heteroatoms. The van der Waals surface area contributed by atoms with Crippen LogP contribution in [0.3, 0.4) is 0 Å². The Morgan fingerprint density at radius 1 is 1.18 bits per heavy atom. The predicted molar refractivity (Wildman–Crippen MR) is 62.3 cm³/mol. The number of hydrogen-bond donors (Lipinski definition) is 1. The molecular weight excluding hydrogens is 218 g/mol. The molecule has 3 atom stereocenters. The smallest absolute Gasteiger partial charge is 0.171 e. The number of aliphatic hydroxyl groups excluding tert-OH is 1. The molecule has 0 unspecified atom stereocenters. The molecule has 0 aliphatic carbocycles. The molecule has 0 aromatic heterocycles. The van der Waals surface area contributed by atoms with E-state index in [2.05, 4.69) is 29.2 Å². The van der Waals surface area contributed by atoms with E-state index in [1.165, 1.54) is 5.56 Å². The number of hydrogen-bond acceptors (Lipinski definition) is 4. The Kier molecular flexibility index (Phi) is 3.11. The Labute approximate surface area is 101 Å². The van der Waals surface area contributed by atoms with Gasteiger partial charge in [-0.2, -0.15) is 0 Å². The summed E-state index contributed by atoms with van der Waals surface area (Å²) in [6.45, 7) is 2.57. The molecular formula is C13H17NO3. The van der Waals surface area contributed by atoms with Gasteiger partial charge in [-0.3, -0.25) is 4.90 Å². The van der Waals surface area contributed by atoms with Crippen LogP contribution in [0.1, 0.15) is 5.56 Å². The summed E-state index contributed by atoms with van der Waals surface area (Å²) in [6.07, 6.45) is -0.308. The summed E-state index contributed by atoms with van der Waals surface area (Å²) in [7, 11) is 0. The molecule has 4 nitrogen and oxygen atoms in total. The monoisotopic (exact) mass is 235 g/mol. The lowest BCUT2D eigenvalue weighted by molar-refractivity contribution is -0.113. The number of fused-ring (bicyclic) bond motifs is 2. The van der Waals surface area contributed by atoms with Crippen LogP contribution in [-0.4, -0.2) is 48.2 Å². The summed E-state index contributed by atoms with van der Waals surface area (Å²) >= 11 is 0. The van der Waals surface area contributed by atoms with E-state index in [0.717, 1.165) is 19.6 Å². The number of rotatable bonds is 3. The van der Waals surface area contributed by atoms with E-state index < -0.39 is 0 Å². The van der Waals surface area contributed by atoms with E-state index in [-0.39, 0.29) is 25.1 Å². The van der Waals surface area contributed by atoms with Crippen molar-refractivity contribution in [2.75, 3.05) is 19.7 Å². The van der Waals surface area contributed by atoms with Gasteiger partial charge in [0.05, 0.1) is 6.61 Å². The SMILES string of the molecule is OC[C@@H]1O[C@H]2CN(Cc3ccccc3)C[C@@H]1O2. The van der Waals surface area contributed by atoms with Gasteiger partial charge in [0.1, 0.15) is 12.2 Å². The molecule has 92 valence electrons. The second-order valence-electron chi connectivity index (χ2n) is 4.64. The Hall–Kier alpha value is -0.940. The molecule has 0 spiro atoms. The van der Waals surface area contributed by atoms with Crippen LogP contribution in [0.5, 0.6) is 0 Å². The number of aliphatic hydroxyl groups is 1. The molecule has 0 amide bonds. The molecule has 17 heavy (non-hydrogen) atoms. The van der Waals surface area contributed by atoms with Crippen LogP contribution in [0.4, 0.5) is 0 Å². The lowest BCUT2D eigenvalue weighted by atomic mass is 10.1.